The Hall–Kier alpha value is -2.46. The predicted octanol–water partition coefficient (Wildman–Crippen LogP) is 3.27. The van der Waals surface area contributed by atoms with Crippen LogP contribution in [0.4, 0.5) is 0 Å². The van der Waals surface area contributed by atoms with E-state index in [9.17, 15) is 23.4 Å². The highest BCUT2D eigenvalue weighted by molar-refractivity contribution is 8.04. The normalized spacial score (nSPS) is 16.1. The van der Waals surface area contributed by atoms with E-state index in [2.05, 4.69) is 4.40 Å². The molecule has 0 fully saturated rings. The summed E-state index contributed by atoms with van der Waals surface area (Å²) >= 11 is 1.23. The Morgan fingerprint density at radius 2 is 1.77 bits per heavy atom. The molecular formula is C22H23NO6S2. The molecule has 2 N–H and O–H groups in total. The number of hydrogen-bond acceptors (Lipinski definition) is 7. The van der Waals surface area contributed by atoms with Crippen LogP contribution in [0.25, 0.3) is 0 Å². The van der Waals surface area contributed by atoms with E-state index in [4.69, 9.17) is 4.74 Å². The number of fused-ring (bicyclic) bond motifs is 1. The minimum atomic E-state index is -3.89. The molecular weight excluding hydrogens is 438 g/mol. The van der Waals surface area contributed by atoms with Crippen LogP contribution in [0.3, 0.4) is 0 Å². The summed E-state index contributed by atoms with van der Waals surface area (Å²) in [6.07, 6.45) is 0.899. The summed E-state index contributed by atoms with van der Waals surface area (Å²) in [5.41, 5.74) is 1.53. The van der Waals surface area contributed by atoms with Crippen molar-refractivity contribution in [3.63, 3.8) is 0 Å². The van der Waals surface area contributed by atoms with Gasteiger partial charge in [-0.3, -0.25) is 4.79 Å². The van der Waals surface area contributed by atoms with E-state index in [-0.39, 0.29) is 23.0 Å². The van der Waals surface area contributed by atoms with E-state index in [1.807, 2.05) is 0 Å². The lowest BCUT2D eigenvalue weighted by Gasteiger charge is -2.17. The van der Waals surface area contributed by atoms with Crippen molar-refractivity contribution in [2.24, 2.45) is 4.40 Å². The largest absolute Gasteiger partial charge is 0.508 e. The van der Waals surface area contributed by atoms with Gasteiger partial charge in [-0.15, -0.1) is 11.8 Å². The van der Waals surface area contributed by atoms with Crippen molar-refractivity contribution in [2.75, 3.05) is 12.4 Å². The summed E-state index contributed by atoms with van der Waals surface area (Å²) < 4.78 is 34.5. The first-order valence-corrected chi connectivity index (χ1v) is 12.3. The number of phenolic OH excluding ortho intramolecular Hbond substituents is 1. The Labute approximate surface area is 185 Å². The van der Waals surface area contributed by atoms with Crippen molar-refractivity contribution < 1.29 is 28.2 Å². The van der Waals surface area contributed by atoms with Gasteiger partial charge in [0.25, 0.3) is 10.0 Å². The molecule has 9 heteroatoms. The number of allylic oxidation sites excluding steroid dienone is 2. The van der Waals surface area contributed by atoms with E-state index in [0.29, 0.717) is 40.4 Å². The van der Waals surface area contributed by atoms with Gasteiger partial charge in [0.15, 0.2) is 12.1 Å². The number of aromatic hydroxyl groups is 1. The molecule has 0 radical (unpaired) electrons. The van der Waals surface area contributed by atoms with E-state index in [1.165, 1.54) is 42.1 Å². The Bertz CT molecular complexity index is 1110. The van der Waals surface area contributed by atoms with Crippen molar-refractivity contribution in [1.82, 2.24) is 0 Å². The fraction of sp³-hybridized carbons (Fsp3) is 0.273. The number of carbonyl (C=O) groups is 1. The van der Waals surface area contributed by atoms with Gasteiger partial charge in [-0.2, -0.15) is 4.40 Å². The van der Waals surface area contributed by atoms with E-state index in [1.54, 1.807) is 31.2 Å². The van der Waals surface area contributed by atoms with Gasteiger partial charge in [0.05, 0.1) is 16.4 Å². The average Bonchev–Trinajstić information content (AvgIpc) is 2.73. The van der Waals surface area contributed by atoms with Crippen molar-refractivity contribution in [3.05, 3.63) is 76.2 Å². The molecule has 164 valence electrons. The van der Waals surface area contributed by atoms with Crippen LogP contribution >= 0.6 is 11.8 Å². The van der Waals surface area contributed by atoms with Crippen LogP contribution < -0.4 is 0 Å². The molecule has 0 aliphatic heterocycles. The number of nitrogens with zero attached hydrogens (tertiary/aromatic N) is 1. The number of rotatable bonds is 9. The molecule has 0 bridgehead atoms. The molecule has 2 aromatic carbocycles. The lowest BCUT2D eigenvalue weighted by Crippen LogP contribution is -2.18. The third-order valence-electron chi connectivity index (χ3n) is 4.44. The average molecular weight is 462 g/mol. The van der Waals surface area contributed by atoms with Crippen LogP contribution in [0, 0.1) is 0 Å². The highest BCUT2D eigenvalue weighted by atomic mass is 32.2. The highest BCUT2D eigenvalue weighted by Crippen LogP contribution is 2.30. The molecule has 0 aromatic heterocycles. The molecule has 31 heavy (non-hydrogen) atoms. The van der Waals surface area contributed by atoms with Crippen molar-refractivity contribution in [1.29, 1.82) is 0 Å². The number of phenols is 1. The molecule has 0 amide bonds. The van der Waals surface area contributed by atoms with Crippen LogP contribution in [-0.2, 0) is 20.5 Å². The summed E-state index contributed by atoms with van der Waals surface area (Å²) in [5, 5.41) is 19.1. The SMILES string of the molecule is CCOC(O)CCSC1=CC(=NS(=O)(=O)Cc2ccc(O)cc2)c2ccccc2C1=O. The van der Waals surface area contributed by atoms with Gasteiger partial charge >= 0.3 is 0 Å². The Morgan fingerprint density at radius 1 is 1.10 bits per heavy atom. The number of aliphatic hydroxyl groups is 1. The predicted molar refractivity (Wildman–Crippen MR) is 121 cm³/mol. The van der Waals surface area contributed by atoms with E-state index in [0.717, 1.165) is 0 Å². The smallest absolute Gasteiger partial charge is 0.257 e. The molecule has 7 nitrogen and oxygen atoms in total. The minimum absolute atomic E-state index is 0.0474. The molecule has 1 aliphatic rings. The van der Waals surface area contributed by atoms with Crippen LogP contribution in [0.1, 0.15) is 34.8 Å². The maximum absolute atomic E-state index is 12.8. The monoisotopic (exact) mass is 461 g/mol. The molecule has 0 heterocycles. The van der Waals surface area contributed by atoms with Gasteiger partial charge in [-0.1, -0.05) is 36.4 Å². The van der Waals surface area contributed by atoms with Gasteiger partial charge in [0.2, 0.25) is 0 Å². The van der Waals surface area contributed by atoms with Crippen molar-refractivity contribution >= 4 is 33.3 Å². The molecule has 1 atom stereocenters. The highest BCUT2D eigenvalue weighted by Gasteiger charge is 2.26. The number of benzene rings is 2. The topological polar surface area (TPSA) is 113 Å². The van der Waals surface area contributed by atoms with Gasteiger partial charge in [-0.25, -0.2) is 8.42 Å². The lowest BCUT2D eigenvalue weighted by molar-refractivity contribution is -0.0946. The number of aliphatic hydroxyl groups excluding tert-OH is 1. The van der Waals surface area contributed by atoms with Crippen LogP contribution in [-0.4, -0.2) is 48.8 Å². The summed E-state index contributed by atoms with van der Waals surface area (Å²) in [7, 11) is -3.89. The number of hydrogen-bond donors (Lipinski definition) is 2. The van der Waals surface area contributed by atoms with E-state index < -0.39 is 16.3 Å². The maximum atomic E-state index is 12.8. The van der Waals surface area contributed by atoms with Crippen molar-refractivity contribution in [3.8, 4) is 5.75 Å². The van der Waals surface area contributed by atoms with E-state index >= 15 is 0 Å². The molecule has 0 saturated carbocycles. The maximum Gasteiger partial charge on any atom is 0.257 e. The standard InChI is InChI=1S/C22H23NO6S2/c1-2-29-21(25)11-12-30-20-13-19(17-5-3-4-6-18(17)22(20)26)23-31(27,28)14-15-7-9-16(24)10-8-15/h3-10,13,21,24-25H,2,11-12,14H2,1H3. The Kier molecular flexibility index (Phi) is 7.66. The van der Waals surface area contributed by atoms with Gasteiger partial charge in [0, 0.05) is 29.9 Å². The second-order valence-corrected chi connectivity index (χ2v) is 9.57. The number of ketones is 1. The molecule has 0 saturated heterocycles. The Balaban J connectivity index is 1.87. The molecule has 1 unspecified atom stereocenters. The number of thioether (sulfide) groups is 1. The molecule has 2 aromatic rings. The van der Waals surface area contributed by atoms with Crippen LogP contribution in [0.15, 0.2) is 63.9 Å². The fourth-order valence-corrected chi connectivity index (χ4v) is 5.12. The first-order chi connectivity index (χ1) is 14.8. The number of ether oxygens (including phenoxy) is 1. The number of sulfonamides is 1. The third kappa shape index (κ3) is 6.27. The Morgan fingerprint density at radius 3 is 2.45 bits per heavy atom. The molecule has 3 rings (SSSR count). The van der Waals surface area contributed by atoms with Crippen LogP contribution in [0.2, 0.25) is 0 Å². The summed E-state index contributed by atoms with van der Waals surface area (Å²) in [6.45, 7) is 2.17. The lowest BCUT2D eigenvalue weighted by atomic mass is 9.94. The second-order valence-electron chi connectivity index (χ2n) is 6.80. The number of Topliss-reactive ketones (excluding diaryl/α,β-unsaturated/α-hetero) is 1. The second kappa shape index (κ2) is 10.2. The summed E-state index contributed by atoms with van der Waals surface area (Å²) in [5.74, 6) is -0.0642. The van der Waals surface area contributed by atoms with Crippen LogP contribution in [0.5, 0.6) is 5.75 Å². The molecule has 0 spiro atoms. The first kappa shape index (κ1) is 23.2. The molecule has 1 aliphatic carbocycles. The third-order valence-corrected chi connectivity index (χ3v) is 6.67. The zero-order chi connectivity index (χ0) is 22.4. The summed E-state index contributed by atoms with van der Waals surface area (Å²) in [4.78, 5) is 13.2. The zero-order valence-corrected chi connectivity index (χ0v) is 18.5. The van der Waals surface area contributed by atoms with Crippen molar-refractivity contribution in [2.45, 2.75) is 25.4 Å². The minimum Gasteiger partial charge on any atom is -0.508 e. The summed E-state index contributed by atoms with van der Waals surface area (Å²) in [6, 6.07) is 12.6. The first-order valence-electron chi connectivity index (χ1n) is 9.68. The zero-order valence-electron chi connectivity index (χ0n) is 16.9. The quantitative estimate of drug-likeness (QED) is 0.551. The number of carbonyl (C=O) groups excluding carboxylic acids is 1. The van der Waals surface area contributed by atoms with Gasteiger partial charge in [-0.05, 0) is 30.7 Å². The van der Waals surface area contributed by atoms with Gasteiger partial charge < -0.3 is 14.9 Å². The fourth-order valence-electron chi connectivity index (χ4n) is 3.02. The van der Waals surface area contributed by atoms with Gasteiger partial charge in [0.1, 0.15) is 5.75 Å².